The summed E-state index contributed by atoms with van der Waals surface area (Å²) in [6, 6.07) is 0. The molecule has 0 saturated heterocycles. The van der Waals surface area contributed by atoms with Crippen LogP contribution in [0.3, 0.4) is 0 Å². The number of nitrogens with one attached hydrogen (secondary N) is 2. The Kier molecular flexibility index (Phi) is 5.17. The van der Waals surface area contributed by atoms with Gasteiger partial charge in [-0.25, -0.2) is 0 Å². The highest BCUT2D eigenvalue weighted by molar-refractivity contribution is 7.11. The van der Waals surface area contributed by atoms with Crippen molar-refractivity contribution in [2.24, 2.45) is 0 Å². The Labute approximate surface area is 105 Å². The zero-order valence-electron chi connectivity index (χ0n) is 10.4. The monoisotopic (exact) mass is 257 g/mol. The maximum atomic E-state index is 11.6. The first-order valence-electron chi connectivity index (χ1n) is 5.49. The van der Waals surface area contributed by atoms with Crippen LogP contribution in [0.25, 0.3) is 0 Å². The van der Waals surface area contributed by atoms with E-state index in [9.17, 15) is 4.79 Å². The number of carbonyl (C=O) groups excluding carboxylic acids is 1. The number of rotatable bonds is 6. The highest BCUT2D eigenvalue weighted by atomic mass is 32.1. The number of likely N-dealkylation sites (N-methyl/N-ethyl adjacent to an activating group) is 1. The van der Waals surface area contributed by atoms with Crippen LogP contribution in [0, 0.1) is 0 Å². The van der Waals surface area contributed by atoms with Crippen molar-refractivity contribution < 1.29 is 4.79 Å². The average Bonchev–Trinajstić information content (AvgIpc) is 2.69. The Morgan fingerprint density at radius 1 is 1.59 bits per heavy atom. The fourth-order valence-electron chi connectivity index (χ4n) is 1.29. The number of hydrogen-bond donors (Lipinski definition) is 3. The molecule has 0 saturated carbocycles. The number of nitrogens with zero attached hydrogens (tertiary/aromatic N) is 2. The first-order valence-corrected chi connectivity index (χ1v) is 6.27. The van der Waals surface area contributed by atoms with Crippen molar-refractivity contribution in [1.82, 2.24) is 14.6 Å². The molecule has 17 heavy (non-hydrogen) atoms. The van der Waals surface area contributed by atoms with Gasteiger partial charge in [0, 0.05) is 20.1 Å². The largest absolute Gasteiger partial charge is 0.382 e. The highest BCUT2D eigenvalue weighted by Crippen LogP contribution is 2.26. The molecule has 0 aliphatic heterocycles. The van der Waals surface area contributed by atoms with Crippen molar-refractivity contribution in [2.75, 3.05) is 44.8 Å². The molecule has 4 N–H and O–H groups in total. The van der Waals surface area contributed by atoms with E-state index in [0.717, 1.165) is 24.6 Å². The van der Waals surface area contributed by atoms with Crippen molar-refractivity contribution in [3.63, 3.8) is 0 Å². The average molecular weight is 257 g/mol. The summed E-state index contributed by atoms with van der Waals surface area (Å²) in [5.74, 6) is 0.0725. The molecule has 1 aromatic heterocycles. The van der Waals surface area contributed by atoms with Gasteiger partial charge in [-0.2, -0.15) is 4.37 Å². The van der Waals surface area contributed by atoms with Crippen LogP contribution in [0.1, 0.15) is 17.3 Å². The first kappa shape index (κ1) is 13.7. The minimum absolute atomic E-state index is 0.206. The molecule has 0 radical (unpaired) electrons. The number of amides is 1. The van der Waals surface area contributed by atoms with Crippen LogP contribution in [0.5, 0.6) is 0 Å². The predicted molar refractivity (Wildman–Crippen MR) is 71.6 cm³/mol. The molecule has 0 aliphatic rings. The van der Waals surface area contributed by atoms with E-state index in [4.69, 9.17) is 5.73 Å². The van der Waals surface area contributed by atoms with E-state index >= 15 is 0 Å². The van der Waals surface area contributed by atoms with Crippen LogP contribution >= 0.6 is 11.5 Å². The smallest absolute Gasteiger partial charge is 0.257 e. The second-order valence-electron chi connectivity index (χ2n) is 3.67. The summed E-state index contributed by atoms with van der Waals surface area (Å²) in [6.45, 7) is 4.76. The van der Waals surface area contributed by atoms with Gasteiger partial charge in [0.2, 0.25) is 0 Å². The molecule has 0 aromatic carbocycles. The Hall–Kier alpha value is -1.34. The van der Waals surface area contributed by atoms with Crippen molar-refractivity contribution >= 4 is 28.3 Å². The first-order chi connectivity index (χ1) is 8.10. The third kappa shape index (κ3) is 3.57. The van der Waals surface area contributed by atoms with Gasteiger partial charge in [0.15, 0.2) is 5.82 Å². The lowest BCUT2D eigenvalue weighted by Gasteiger charge is -2.14. The van der Waals surface area contributed by atoms with Gasteiger partial charge in [0.05, 0.1) is 0 Å². The number of aromatic nitrogens is 1. The molecule has 0 bridgehead atoms. The summed E-state index contributed by atoms with van der Waals surface area (Å²) in [5, 5.41) is 6.47. The minimum Gasteiger partial charge on any atom is -0.382 e. The van der Waals surface area contributed by atoms with E-state index in [1.165, 1.54) is 11.5 Å². The second kappa shape index (κ2) is 6.41. The van der Waals surface area contributed by atoms with Crippen molar-refractivity contribution in [2.45, 2.75) is 6.92 Å². The molecule has 1 rings (SSSR count). The highest BCUT2D eigenvalue weighted by Gasteiger charge is 2.17. The van der Waals surface area contributed by atoms with Gasteiger partial charge in [-0.15, -0.1) is 0 Å². The summed E-state index contributed by atoms with van der Waals surface area (Å²) in [7, 11) is 3.62. The molecule has 6 nitrogen and oxygen atoms in total. The molecule has 0 unspecified atom stereocenters. The summed E-state index contributed by atoms with van der Waals surface area (Å²) in [5.41, 5.74) is 6.10. The number of nitrogen functional groups attached to an aromatic ring is 1. The standard InChI is InChI=1S/C10H19N5OS/c1-4-15(3)6-5-13-10-7(9(16)12-2)8(11)14-17-10/h13H,4-6H2,1-3H3,(H2,11,14)(H,12,16). The molecule has 1 amide bonds. The lowest BCUT2D eigenvalue weighted by molar-refractivity contribution is 0.0965. The van der Waals surface area contributed by atoms with Crippen LogP contribution in [-0.4, -0.2) is 48.9 Å². The quantitative estimate of drug-likeness (QED) is 0.689. The molecule has 1 heterocycles. The SMILES string of the molecule is CCN(C)CCNc1snc(N)c1C(=O)NC. The lowest BCUT2D eigenvalue weighted by Crippen LogP contribution is -2.25. The normalized spacial score (nSPS) is 10.6. The number of anilines is 2. The minimum atomic E-state index is -0.206. The molecule has 0 spiro atoms. The van der Waals surface area contributed by atoms with Gasteiger partial charge in [-0.1, -0.05) is 6.92 Å². The Balaban J connectivity index is 2.62. The molecule has 96 valence electrons. The number of carbonyl (C=O) groups is 1. The van der Waals surface area contributed by atoms with Crippen LogP contribution in [0.2, 0.25) is 0 Å². The molecule has 0 atom stereocenters. The van der Waals surface area contributed by atoms with Gasteiger partial charge < -0.3 is 21.3 Å². The summed E-state index contributed by atoms with van der Waals surface area (Å²) in [4.78, 5) is 13.8. The van der Waals surface area contributed by atoms with E-state index in [1.807, 2.05) is 7.05 Å². The zero-order chi connectivity index (χ0) is 12.8. The fraction of sp³-hybridized carbons (Fsp3) is 0.600. The molecule has 1 aromatic rings. The Morgan fingerprint density at radius 3 is 2.88 bits per heavy atom. The van der Waals surface area contributed by atoms with Crippen molar-refractivity contribution in [3.05, 3.63) is 5.56 Å². The van der Waals surface area contributed by atoms with Gasteiger partial charge in [-0.05, 0) is 25.1 Å². The molecular weight excluding hydrogens is 238 g/mol. The third-order valence-electron chi connectivity index (χ3n) is 2.49. The van der Waals surface area contributed by atoms with Crippen molar-refractivity contribution in [1.29, 1.82) is 0 Å². The van der Waals surface area contributed by atoms with Gasteiger partial charge in [-0.3, -0.25) is 4.79 Å². The predicted octanol–water partition coefficient (Wildman–Crippen LogP) is 0.449. The lowest BCUT2D eigenvalue weighted by atomic mass is 10.3. The second-order valence-corrected chi connectivity index (χ2v) is 4.45. The third-order valence-corrected chi connectivity index (χ3v) is 3.31. The fourth-order valence-corrected chi connectivity index (χ4v) is 2.02. The van der Waals surface area contributed by atoms with E-state index < -0.39 is 0 Å². The summed E-state index contributed by atoms with van der Waals surface area (Å²) in [6.07, 6.45) is 0. The van der Waals surface area contributed by atoms with Gasteiger partial charge in [0.25, 0.3) is 5.91 Å². The molecule has 7 heteroatoms. The van der Waals surface area contributed by atoms with E-state index in [2.05, 4.69) is 26.8 Å². The Bertz CT molecular complexity index is 379. The summed E-state index contributed by atoms with van der Waals surface area (Å²) < 4.78 is 3.99. The molecule has 0 aliphatic carbocycles. The zero-order valence-corrected chi connectivity index (χ0v) is 11.2. The Morgan fingerprint density at radius 2 is 2.29 bits per heavy atom. The van der Waals surface area contributed by atoms with E-state index in [0.29, 0.717) is 5.56 Å². The topological polar surface area (TPSA) is 83.3 Å². The van der Waals surface area contributed by atoms with E-state index in [-0.39, 0.29) is 11.7 Å². The van der Waals surface area contributed by atoms with Gasteiger partial charge in [0.1, 0.15) is 10.6 Å². The van der Waals surface area contributed by atoms with Crippen LogP contribution in [0.15, 0.2) is 0 Å². The maximum Gasteiger partial charge on any atom is 0.257 e. The van der Waals surface area contributed by atoms with Gasteiger partial charge >= 0.3 is 0 Å². The van der Waals surface area contributed by atoms with Crippen LogP contribution in [-0.2, 0) is 0 Å². The molecular formula is C10H19N5OS. The van der Waals surface area contributed by atoms with Crippen LogP contribution < -0.4 is 16.4 Å². The van der Waals surface area contributed by atoms with Crippen LogP contribution in [0.4, 0.5) is 10.8 Å². The molecule has 0 fully saturated rings. The van der Waals surface area contributed by atoms with Crippen molar-refractivity contribution in [3.8, 4) is 0 Å². The maximum absolute atomic E-state index is 11.6. The summed E-state index contributed by atoms with van der Waals surface area (Å²) >= 11 is 1.21. The van der Waals surface area contributed by atoms with E-state index in [1.54, 1.807) is 7.05 Å². The number of hydrogen-bond acceptors (Lipinski definition) is 6. The number of nitrogens with two attached hydrogens (primary N) is 1.